The summed E-state index contributed by atoms with van der Waals surface area (Å²) >= 11 is 0. The Morgan fingerprint density at radius 3 is 2.17 bits per heavy atom. The van der Waals surface area contributed by atoms with Crippen LogP contribution in [0.25, 0.3) is 0 Å². The second-order valence-corrected chi connectivity index (χ2v) is 8.84. The SMILES string of the molecule is CCCCCCCCC(C=O)/C=C/CCCCCCC(=O)OCC(CC)CCCC. The molecule has 2 atom stereocenters. The van der Waals surface area contributed by atoms with E-state index < -0.39 is 0 Å². The van der Waals surface area contributed by atoms with Gasteiger partial charge in [0.1, 0.15) is 6.29 Å². The summed E-state index contributed by atoms with van der Waals surface area (Å²) in [5, 5.41) is 0. The quantitative estimate of drug-likeness (QED) is 0.0764. The van der Waals surface area contributed by atoms with Crippen molar-refractivity contribution in [1.82, 2.24) is 0 Å². The minimum Gasteiger partial charge on any atom is -0.465 e. The Labute approximate surface area is 187 Å². The van der Waals surface area contributed by atoms with Crippen molar-refractivity contribution in [2.75, 3.05) is 6.61 Å². The molecule has 2 unspecified atom stereocenters. The standard InChI is InChI=1S/C27H50O3/c1-4-7-9-10-13-16-20-26(23-28)21-17-14-11-12-15-18-22-27(29)30-24-25(6-3)19-8-5-2/h17,21,23,25-26H,4-16,18-20,22,24H2,1-3H3/b21-17+. The molecule has 0 amide bonds. The summed E-state index contributed by atoms with van der Waals surface area (Å²) in [4.78, 5) is 23.1. The predicted octanol–water partition coefficient (Wildman–Crippen LogP) is 8.21. The zero-order valence-corrected chi connectivity index (χ0v) is 20.3. The molecule has 0 aliphatic heterocycles. The average molecular weight is 423 g/mol. The van der Waals surface area contributed by atoms with Crippen LogP contribution in [0.3, 0.4) is 0 Å². The molecule has 0 rings (SSSR count). The summed E-state index contributed by atoms with van der Waals surface area (Å²) in [5.41, 5.74) is 0. The topological polar surface area (TPSA) is 43.4 Å². The first-order valence-electron chi connectivity index (χ1n) is 12.9. The highest BCUT2D eigenvalue weighted by molar-refractivity contribution is 5.69. The van der Waals surface area contributed by atoms with E-state index in [2.05, 4.69) is 32.9 Å². The van der Waals surface area contributed by atoms with Gasteiger partial charge in [-0.3, -0.25) is 4.79 Å². The second kappa shape index (κ2) is 22.6. The monoisotopic (exact) mass is 422 g/mol. The van der Waals surface area contributed by atoms with Crippen LogP contribution < -0.4 is 0 Å². The lowest BCUT2D eigenvalue weighted by Crippen LogP contribution is -2.13. The van der Waals surface area contributed by atoms with E-state index in [0.717, 1.165) is 64.1 Å². The number of rotatable bonds is 22. The number of ether oxygens (including phenoxy) is 1. The number of unbranched alkanes of at least 4 members (excludes halogenated alkanes) is 10. The fraction of sp³-hybridized carbons (Fsp3) is 0.852. The Kier molecular flexibility index (Phi) is 21.7. The number of aldehydes is 1. The fourth-order valence-corrected chi connectivity index (χ4v) is 3.71. The van der Waals surface area contributed by atoms with E-state index in [1.165, 1.54) is 44.9 Å². The van der Waals surface area contributed by atoms with E-state index in [-0.39, 0.29) is 11.9 Å². The Morgan fingerprint density at radius 2 is 1.47 bits per heavy atom. The normalized spacial score (nSPS) is 13.4. The molecule has 0 radical (unpaired) electrons. The molecule has 0 aliphatic carbocycles. The van der Waals surface area contributed by atoms with E-state index in [9.17, 15) is 9.59 Å². The third-order valence-corrected chi connectivity index (χ3v) is 5.97. The number of carbonyl (C=O) groups excluding carboxylic acids is 2. The van der Waals surface area contributed by atoms with Crippen molar-refractivity contribution in [3.05, 3.63) is 12.2 Å². The summed E-state index contributed by atoms with van der Waals surface area (Å²) in [6.45, 7) is 7.20. The molecule has 30 heavy (non-hydrogen) atoms. The highest BCUT2D eigenvalue weighted by Gasteiger charge is 2.09. The molecule has 0 N–H and O–H groups in total. The lowest BCUT2D eigenvalue weighted by Gasteiger charge is -2.14. The van der Waals surface area contributed by atoms with Crippen LogP contribution in [0, 0.1) is 11.8 Å². The molecule has 0 aliphatic rings. The van der Waals surface area contributed by atoms with Gasteiger partial charge < -0.3 is 9.53 Å². The molecular weight excluding hydrogens is 372 g/mol. The first-order valence-corrected chi connectivity index (χ1v) is 12.9. The third-order valence-electron chi connectivity index (χ3n) is 5.97. The first-order chi connectivity index (χ1) is 14.7. The maximum atomic E-state index is 11.9. The van der Waals surface area contributed by atoms with Crippen molar-refractivity contribution in [3.8, 4) is 0 Å². The zero-order valence-electron chi connectivity index (χ0n) is 20.3. The molecule has 0 saturated carbocycles. The van der Waals surface area contributed by atoms with Crippen LogP contribution in [0.2, 0.25) is 0 Å². The van der Waals surface area contributed by atoms with Gasteiger partial charge in [0.05, 0.1) is 6.61 Å². The van der Waals surface area contributed by atoms with Crippen LogP contribution in [0.15, 0.2) is 12.2 Å². The largest absolute Gasteiger partial charge is 0.465 e. The van der Waals surface area contributed by atoms with Gasteiger partial charge in [-0.05, 0) is 38.0 Å². The van der Waals surface area contributed by atoms with Crippen LogP contribution in [0.1, 0.15) is 130 Å². The molecule has 3 heteroatoms. The molecule has 0 bridgehead atoms. The number of allylic oxidation sites excluding steroid dienone is 2. The van der Waals surface area contributed by atoms with Crippen LogP contribution in [0.4, 0.5) is 0 Å². The van der Waals surface area contributed by atoms with Gasteiger partial charge in [-0.25, -0.2) is 0 Å². The van der Waals surface area contributed by atoms with Crippen LogP contribution in [0.5, 0.6) is 0 Å². The van der Waals surface area contributed by atoms with Crippen molar-refractivity contribution < 1.29 is 14.3 Å². The molecule has 3 nitrogen and oxygen atoms in total. The minimum absolute atomic E-state index is 0.0339. The Morgan fingerprint density at radius 1 is 0.800 bits per heavy atom. The van der Waals surface area contributed by atoms with Crippen molar-refractivity contribution >= 4 is 12.3 Å². The van der Waals surface area contributed by atoms with Gasteiger partial charge in [-0.2, -0.15) is 0 Å². The van der Waals surface area contributed by atoms with Crippen molar-refractivity contribution in [1.29, 1.82) is 0 Å². The maximum Gasteiger partial charge on any atom is 0.305 e. The molecule has 0 spiro atoms. The van der Waals surface area contributed by atoms with Gasteiger partial charge in [0, 0.05) is 12.3 Å². The summed E-state index contributed by atoms with van der Waals surface area (Å²) < 4.78 is 5.45. The van der Waals surface area contributed by atoms with Gasteiger partial charge in [0.2, 0.25) is 0 Å². The van der Waals surface area contributed by atoms with E-state index >= 15 is 0 Å². The molecule has 0 aromatic carbocycles. The predicted molar refractivity (Wildman–Crippen MR) is 129 cm³/mol. The Bertz CT molecular complexity index is 416. The van der Waals surface area contributed by atoms with E-state index in [1.54, 1.807) is 0 Å². The van der Waals surface area contributed by atoms with Gasteiger partial charge in [-0.1, -0.05) is 104 Å². The van der Waals surface area contributed by atoms with E-state index in [0.29, 0.717) is 18.9 Å². The number of hydrogen-bond donors (Lipinski definition) is 0. The van der Waals surface area contributed by atoms with E-state index in [1.807, 2.05) is 0 Å². The third kappa shape index (κ3) is 18.9. The summed E-state index contributed by atoms with van der Waals surface area (Å²) in [6, 6.07) is 0. The molecule has 176 valence electrons. The molecule has 0 aromatic rings. The van der Waals surface area contributed by atoms with Crippen molar-refractivity contribution in [2.45, 2.75) is 130 Å². The summed E-state index contributed by atoms with van der Waals surface area (Å²) in [7, 11) is 0. The number of esters is 1. The molecule has 0 saturated heterocycles. The van der Waals surface area contributed by atoms with Crippen LogP contribution in [-0.2, 0) is 14.3 Å². The molecule has 0 fully saturated rings. The van der Waals surface area contributed by atoms with E-state index in [4.69, 9.17) is 4.74 Å². The minimum atomic E-state index is -0.0339. The molecular formula is C27H50O3. The van der Waals surface area contributed by atoms with Crippen LogP contribution >= 0.6 is 0 Å². The second-order valence-electron chi connectivity index (χ2n) is 8.84. The van der Waals surface area contributed by atoms with Gasteiger partial charge in [-0.15, -0.1) is 0 Å². The Hall–Kier alpha value is -1.12. The number of hydrogen-bond acceptors (Lipinski definition) is 3. The van der Waals surface area contributed by atoms with Gasteiger partial charge in [0.25, 0.3) is 0 Å². The van der Waals surface area contributed by atoms with Crippen molar-refractivity contribution in [3.63, 3.8) is 0 Å². The average Bonchev–Trinajstić information content (AvgIpc) is 2.76. The number of carbonyl (C=O) groups is 2. The Balaban J connectivity index is 3.63. The molecule has 0 heterocycles. The summed E-state index contributed by atoms with van der Waals surface area (Å²) in [6.07, 6.45) is 24.5. The maximum absolute atomic E-state index is 11.9. The lowest BCUT2D eigenvalue weighted by molar-refractivity contribution is -0.145. The zero-order chi connectivity index (χ0) is 22.3. The van der Waals surface area contributed by atoms with Gasteiger partial charge in [0.15, 0.2) is 0 Å². The summed E-state index contributed by atoms with van der Waals surface area (Å²) in [5.74, 6) is 0.584. The highest BCUT2D eigenvalue weighted by Crippen LogP contribution is 2.15. The lowest BCUT2D eigenvalue weighted by atomic mass is 10.00. The smallest absolute Gasteiger partial charge is 0.305 e. The fourth-order valence-electron chi connectivity index (χ4n) is 3.71. The highest BCUT2D eigenvalue weighted by atomic mass is 16.5. The van der Waals surface area contributed by atoms with Crippen LogP contribution in [-0.4, -0.2) is 18.9 Å². The molecule has 0 aromatic heterocycles. The van der Waals surface area contributed by atoms with Crippen molar-refractivity contribution in [2.24, 2.45) is 11.8 Å². The van der Waals surface area contributed by atoms with Gasteiger partial charge >= 0.3 is 5.97 Å². The first kappa shape index (κ1) is 28.9.